The Morgan fingerprint density at radius 2 is 2.24 bits per heavy atom. The fourth-order valence-corrected chi connectivity index (χ4v) is 3.22. The molecule has 1 fully saturated rings. The Morgan fingerprint density at radius 1 is 1.41 bits per heavy atom. The second-order valence-electron chi connectivity index (χ2n) is 5.02. The third-order valence-electron chi connectivity index (χ3n) is 4.07. The Morgan fingerprint density at radius 3 is 2.88 bits per heavy atom. The SMILES string of the molecule is CCNC(c1ncn[nH]1)C1CCCCC1CC. The molecule has 1 heterocycles. The summed E-state index contributed by atoms with van der Waals surface area (Å²) in [4.78, 5) is 4.35. The topological polar surface area (TPSA) is 53.6 Å². The molecule has 0 amide bonds. The van der Waals surface area contributed by atoms with Crippen LogP contribution < -0.4 is 5.32 Å². The van der Waals surface area contributed by atoms with E-state index in [0.717, 1.165) is 18.3 Å². The van der Waals surface area contributed by atoms with Crippen LogP contribution in [0.1, 0.15) is 57.8 Å². The van der Waals surface area contributed by atoms with Crippen molar-refractivity contribution in [3.63, 3.8) is 0 Å². The van der Waals surface area contributed by atoms with Crippen molar-refractivity contribution < 1.29 is 0 Å². The Bertz CT molecular complexity index is 309. The van der Waals surface area contributed by atoms with E-state index in [0.29, 0.717) is 12.0 Å². The van der Waals surface area contributed by atoms with Gasteiger partial charge in [0, 0.05) is 0 Å². The zero-order chi connectivity index (χ0) is 12.1. The van der Waals surface area contributed by atoms with Crippen LogP contribution in [0.15, 0.2) is 6.33 Å². The number of aromatic amines is 1. The van der Waals surface area contributed by atoms with E-state index in [2.05, 4.69) is 34.3 Å². The first kappa shape index (κ1) is 12.6. The summed E-state index contributed by atoms with van der Waals surface area (Å²) in [6.45, 7) is 5.46. The largest absolute Gasteiger partial charge is 0.307 e. The van der Waals surface area contributed by atoms with E-state index >= 15 is 0 Å². The molecule has 0 bridgehead atoms. The maximum Gasteiger partial charge on any atom is 0.141 e. The van der Waals surface area contributed by atoms with Crippen molar-refractivity contribution >= 4 is 0 Å². The number of hydrogen-bond acceptors (Lipinski definition) is 3. The van der Waals surface area contributed by atoms with Gasteiger partial charge in [0.05, 0.1) is 6.04 Å². The average Bonchev–Trinajstić information content (AvgIpc) is 2.89. The molecule has 1 saturated carbocycles. The van der Waals surface area contributed by atoms with Crippen LogP contribution in [0.25, 0.3) is 0 Å². The number of aromatic nitrogens is 3. The first-order chi connectivity index (χ1) is 8.36. The van der Waals surface area contributed by atoms with Crippen LogP contribution in [-0.4, -0.2) is 21.7 Å². The fourth-order valence-electron chi connectivity index (χ4n) is 3.22. The lowest BCUT2D eigenvalue weighted by atomic mass is 9.74. The van der Waals surface area contributed by atoms with Crippen LogP contribution in [0.5, 0.6) is 0 Å². The summed E-state index contributed by atoms with van der Waals surface area (Å²) >= 11 is 0. The molecule has 1 aliphatic rings. The summed E-state index contributed by atoms with van der Waals surface area (Å²) in [6, 6.07) is 0.354. The van der Waals surface area contributed by atoms with Crippen molar-refractivity contribution in [2.45, 2.75) is 52.0 Å². The van der Waals surface area contributed by atoms with E-state index in [-0.39, 0.29) is 0 Å². The van der Waals surface area contributed by atoms with Gasteiger partial charge >= 0.3 is 0 Å². The monoisotopic (exact) mass is 236 g/mol. The van der Waals surface area contributed by atoms with Gasteiger partial charge in [-0.05, 0) is 24.8 Å². The van der Waals surface area contributed by atoms with Crippen LogP contribution in [0.4, 0.5) is 0 Å². The third-order valence-corrected chi connectivity index (χ3v) is 4.07. The number of H-pyrrole nitrogens is 1. The number of nitrogens with one attached hydrogen (secondary N) is 2. The van der Waals surface area contributed by atoms with Crippen LogP contribution >= 0.6 is 0 Å². The van der Waals surface area contributed by atoms with Crippen molar-refractivity contribution in [3.05, 3.63) is 12.2 Å². The molecule has 4 heteroatoms. The van der Waals surface area contributed by atoms with Gasteiger partial charge in [-0.1, -0.05) is 39.5 Å². The third kappa shape index (κ3) is 2.86. The molecule has 0 radical (unpaired) electrons. The molecule has 1 aromatic heterocycles. The lowest BCUT2D eigenvalue weighted by Gasteiger charge is -2.36. The molecule has 3 atom stereocenters. The van der Waals surface area contributed by atoms with Crippen LogP contribution in [0, 0.1) is 11.8 Å². The normalized spacial score (nSPS) is 26.9. The van der Waals surface area contributed by atoms with Crippen LogP contribution in [0.3, 0.4) is 0 Å². The molecule has 1 aromatic rings. The van der Waals surface area contributed by atoms with E-state index < -0.39 is 0 Å². The smallest absolute Gasteiger partial charge is 0.141 e. The molecular weight excluding hydrogens is 212 g/mol. The van der Waals surface area contributed by atoms with Gasteiger partial charge < -0.3 is 5.32 Å². The molecule has 4 nitrogen and oxygen atoms in total. The van der Waals surface area contributed by atoms with E-state index in [9.17, 15) is 0 Å². The number of rotatable bonds is 5. The van der Waals surface area contributed by atoms with Gasteiger partial charge in [-0.2, -0.15) is 5.10 Å². The summed E-state index contributed by atoms with van der Waals surface area (Å²) in [7, 11) is 0. The Kier molecular flexibility index (Phi) is 4.54. The van der Waals surface area contributed by atoms with Crippen molar-refractivity contribution in [2.75, 3.05) is 6.54 Å². The molecule has 0 spiro atoms. The Labute approximate surface area is 104 Å². The van der Waals surface area contributed by atoms with Gasteiger partial charge in [0.25, 0.3) is 0 Å². The number of hydrogen-bond donors (Lipinski definition) is 2. The zero-order valence-electron chi connectivity index (χ0n) is 10.9. The van der Waals surface area contributed by atoms with Crippen LogP contribution in [-0.2, 0) is 0 Å². The minimum absolute atomic E-state index is 0.354. The molecule has 2 N–H and O–H groups in total. The molecule has 2 rings (SSSR count). The predicted molar refractivity (Wildman–Crippen MR) is 68.5 cm³/mol. The highest BCUT2D eigenvalue weighted by Gasteiger charge is 2.32. The van der Waals surface area contributed by atoms with Crippen molar-refractivity contribution in [2.24, 2.45) is 11.8 Å². The highest BCUT2D eigenvalue weighted by molar-refractivity contribution is 4.97. The van der Waals surface area contributed by atoms with E-state index in [1.807, 2.05) is 0 Å². The molecule has 0 aromatic carbocycles. The quantitative estimate of drug-likeness (QED) is 0.826. The summed E-state index contributed by atoms with van der Waals surface area (Å²) in [5.74, 6) is 2.55. The van der Waals surface area contributed by atoms with Gasteiger partial charge in [-0.3, -0.25) is 5.10 Å². The summed E-state index contributed by atoms with van der Waals surface area (Å²) in [5, 5.41) is 10.6. The van der Waals surface area contributed by atoms with Crippen molar-refractivity contribution in [1.82, 2.24) is 20.5 Å². The highest BCUT2D eigenvalue weighted by atomic mass is 15.2. The lowest BCUT2D eigenvalue weighted by Crippen LogP contribution is -2.35. The molecule has 96 valence electrons. The second-order valence-corrected chi connectivity index (χ2v) is 5.02. The minimum Gasteiger partial charge on any atom is -0.307 e. The Hall–Kier alpha value is -0.900. The standard InChI is InChI=1S/C13H24N4/c1-3-10-7-5-6-8-11(10)12(14-4-2)13-15-9-16-17-13/h9-12,14H,3-8H2,1-2H3,(H,15,16,17). The van der Waals surface area contributed by atoms with Gasteiger partial charge in [-0.15, -0.1) is 0 Å². The minimum atomic E-state index is 0.354. The van der Waals surface area contributed by atoms with Crippen molar-refractivity contribution in [3.8, 4) is 0 Å². The second kappa shape index (κ2) is 6.15. The first-order valence-corrected chi connectivity index (χ1v) is 6.95. The maximum absolute atomic E-state index is 4.35. The molecule has 3 unspecified atom stereocenters. The van der Waals surface area contributed by atoms with E-state index in [1.165, 1.54) is 32.1 Å². The van der Waals surface area contributed by atoms with Gasteiger partial charge in [0.15, 0.2) is 0 Å². The van der Waals surface area contributed by atoms with Crippen LogP contribution in [0.2, 0.25) is 0 Å². The molecule has 0 saturated heterocycles. The molecule has 17 heavy (non-hydrogen) atoms. The summed E-state index contributed by atoms with van der Waals surface area (Å²) in [6.07, 6.45) is 8.33. The first-order valence-electron chi connectivity index (χ1n) is 6.95. The van der Waals surface area contributed by atoms with E-state index in [4.69, 9.17) is 0 Å². The zero-order valence-corrected chi connectivity index (χ0v) is 10.9. The lowest BCUT2D eigenvalue weighted by molar-refractivity contribution is 0.172. The molecule has 1 aliphatic carbocycles. The van der Waals surface area contributed by atoms with Gasteiger partial charge in [0.1, 0.15) is 12.2 Å². The highest BCUT2D eigenvalue weighted by Crippen LogP contribution is 2.39. The maximum atomic E-state index is 4.35. The van der Waals surface area contributed by atoms with Crippen molar-refractivity contribution in [1.29, 1.82) is 0 Å². The predicted octanol–water partition coefficient (Wildman–Crippen LogP) is 2.67. The van der Waals surface area contributed by atoms with Gasteiger partial charge in [0.2, 0.25) is 0 Å². The molecular formula is C13H24N4. The average molecular weight is 236 g/mol. The summed E-state index contributed by atoms with van der Waals surface area (Å²) in [5.41, 5.74) is 0. The van der Waals surface area contributed by atoms with E-state index in [1.54, 1.807) is 6.33 Å². The molecule has 0 aliphatic heterocycles. The fraction of sp³-hybridized carbons (Fsp3) is 0.846. The summed E-state index contributed by atoms with van der Waals surface area (Å²) < 4.78 is 0. The number of nitrogens with zero attached hydrogens (tertiary/aromatic N) is 2. The Balaban J connectivity index is 2.13. The van der Waals surface area contributed by atoms with Gasteiger partial charge in [-0.25, -0.2) is 4.98 Å².